The molecule has 0 aliphatic rings. The van der Waals surface area contributed by atoms with Gasteiger partial charge in [0, 0.05) is 6.54 Å². The van der Waals surface area contributed by atoms with E-state index in [0.717, 1.165) is 22.3 Å². The lowest BCUT2D eigenvalue weighted by Gasteiger charge is -2.39. The molecule has 6 nitrogen and oxygen atoms in total. The first kappa shape index (κ1) is 26.6. The first-order chi connectivity index (χ1) is 18.6. The molecule has 0 bridgehead atoms. The van der Waals surface area contributed by atoms with Gasteiger partial charge in [0.2, 0.25) is 0 Å². The molecule has 4 aromatic carbocycles. The number of hydrogen-bond acceptors (Lipinski definition) is 4. The Morgan fingerprint density at radius 3 is 1.61 bits per heavy atom. The van der Waals surface area contributed by atoms with Crippen molar-refractivity contribution in [2.24, 2.45) is 0 Å². The maximum atomic E-state index is 12.5. The van der Waals surface area contributed by atoms with Crippen LogP contribution in [0.3, 0.4) is 0 Å². The second-order valence-corrected chi connectivity index (χ2v) is 9.01. The lowest BCUT2D eigenvalue weighted by atomic mass is 9.76. The summed E-state index contributed by atoms with van der Waals surface area (Å²) in [6.45, 7) is 0.480. The van der Waals surface area contributed by atoms with Crippen molar-refractivity contribution in [3.05, 3.63) is 144 Å². The van der Waals surface area contributed by atoms with Gasteiger partial charge in [0.25, 0.3) is 0 Å². The highest BCUT2D eigenvalue weighted by molar-refractivity contribution is 5.74. The van der Waals surface area contributed by atoms with E-state index in [2.05, 4.69) is 10.6 Å². The van der Waals surface area contributed by atoms with Crippen molar-refractivity contribution in [3.63, 3.8) is 0 Å². The maximum absolute atomic E-state index is 12.5. The van der Waals surface area contributed by atoms with E-state index >= 15 is 0 Å². The minimum atomic E-state index is -0.955. The zero-order valence-electron chi connectivity index (χ0n) is 21.1. The van der Waals surface area contributed by atoms with Crippen LogP contribution in [0.2, 0.25) is 0 Å². The third-order valence-corrected chi connectivity index (χ3v) is 6.46. The van der Waals surface area contributed by atoms with Gasteiger partial charge in [-0.2, -0.15) is 0 Å². The van der Waals surface area contributed by atoms with Crippen LogP contribution in [0.1, 0.15) is 35.1 Å². The van der Waals surface area contributed by atoms with E-state index in [9.17, 15) is 14.7 Å². The Morgan fingerprint density at radius 1 is 0.711 bits per heavy atom. The van der Waals surface area contributed by atoms with E-state index in [4.69, 9.17) is 4.74 Å². The van der Waals surface area contributed by atoms with Crippen LogP contribution in [0.25, 0.3) is 0 Å². The predicted molar refractivity (Wildman–Crippen MR) is 148 cm³/mol. The van der Waals surface area contributed by atoms with E-state index in [1.54, 1.807) is 0 Å². The number of benzene rings is 4. The first-order valence-corrected chi connectivity index (χ1v) is 12.7. The van der Waals surface area contributed by atoms with Gasteiger partial charge in [-0.25, -0.2) is 4.79 Å². The monoisotopic (exact) mass is 508 g/mol. The van der Waals surface area contributed by atoms with Crippen LogP contribution in [0, 0.1) is 0 Å². The molecule has 0 heterocycles. The van der Waals surface area contributed by atoms with Crippen molar-refractivity contribution < 1.29 is 19.4 Å². The first-order valence-electron chi connectivity index (χ1n) is 12.7. The smallest absolute Gasteiger partial charge is 0.407 e. The fourth-order valence-electron chi connectivity index (χ4n) is 4.60. The molecule has 0 aliphatic carbocycles. The molecule has 6 heteroatoms. The molecule has 0 aliphatic heterocycles. The highest BCUT2D eigenvalue weighted by atomic mass is 16.5. The molecule has 0 aromatic heterocycles. The molecular formula is C32H32N2O4. The Labute approximate surface area is 223 Å². The SMILES string of the molecule is O=C(NCCC[C@H](NC(c1ccccc1)(c1ccccc1)c1ccccc1)C(=O)O)OCc1ccccc1. The summed E-state index contributed by atoms with van der Waals surface area (Å²) in [5.74, 6) is -0.955. The summed E-state index contributed by atoms with van der Waals surface area (Å²) in [6.07, 6.45) is 0.238. The third-order valence-electron chi connectivity index (χ3n) is 6.46. The van der Waals surface area contributed by atoms with Crippen molar-refractivity contribution in [3.8, 4) is 0 Å². The Hall–Kier alpha value is -4.42. The summed E-state index contributed by atoms with van der Waals surface area (Å²) in [7, 11) is 0. The zero-order valence-corrected chi connectivity index (χ0v) is 21.1. The number of hydrogen-bond donors (Lipinski definition) is 3. The van der Waals surface area contributed by atoms with Gasteiger partial charge in [-0.05, 0) is 35.1 Å². The summed E-state index contributed by atoms with van der Waals surface area (Å²) >= 11 is 0. The van der Waals surface area contributed by atoms with Crippen LogP contribution in [-0.4, -0.2) is 29.8 Å². The fraction of sp³-hybridized carbons (Fsp3) is 0.188. The molecule has 0 saturated carbocycles. The second-order valence-electron chi connectivity index (χ2n) is 9.01. The lowest BCUT2D eigenvalue weighted by Crippen LogP contribution is -2.52. The molecule has 0 unspecified atom stereocenters. The van der Waals surface area contributed by atoms with Crippen LogP contribution in [-0.2, 0) is 21.7 Å². The molecule has 4 aromatic rings. The number of carboxylic acid groups (broad SMARTS) is 1. The normalized spacial score (nSPS) is 11.9. The number of ether oxygens (including phenoxy) is 1. The quantitative estimate of drug-likeness (QED) is 0.168. The highest BCUT2D eigenvalue weighted by Gasteiger charge is 2.39. The molecule has 0 fully saturated rings. The van der Waals surface area contributed by atoms with Gasteiger partial charge in [0.05, 0.1) is 5.54 Å². The Bertz CT molecular complexity index is 1190. The molecule has 3 N–H and O–H groups in total. The van der Waals surface area contributed by atoms with Crippen LogP contribution in [0.5, 0.6) is 0 Å². The Morgan fingerprint density at radius 2 is 1.16 bits per heavy atom. The van der Waals surface area contributed by atoms with Gasteiger partial charge in [0.1, 0.15) is 12.6 Å². The van der Waals surface area contributed by atoms with E-state index < -0.39 is 23.6 Å². The van der Waals surface area contributed by atoms with Crippen molar-refractivity contribution in [2.45, 2.75) is 31.0 Å². The number of carbonyl (C=O) groups is 2. The van der Waals surface area contributed by atoms with Gasteiger partial charge in [0.15, 0.2) is 0 Å². The van der Waals surface area contributed by atoms with E-state index in [-0.39, 0.29) is 6.61 Å². The number of amides is 1. The molecule has 194 valence electrons. The molecule has 38 heavy (non-hydrogen) atoms. The van der Waals surface area contributed by atoms with E-state index in [1.807, 2.05) is 121 Å². The third kappa shape index (κ3) is 6.66. The average Bonchev–Trinajstić information content (AvgIpc) is 2.97. The average molecular weight is 509 g/mol. The molecule has 0 saturated heterocycles. The summed E-state index contributed by atoms with van der Waals surface area (Å²) in [4.78, 5) is 24.6. The van der Waals surface area contributed by atoms with Crippen molar-refractivity contribution in [1.29, 1.82) is 0 Å². The number of carbonyl (C=O) groups excluding carboxylic acids is 1. The van der Waals surface area contributed by atoms with Gasteiger partial charge in [-0.15, -0.1) is 0 Å². The van der Waals surface area contributed by atoms with Crippen LogP contribution >= 0.6 is 0 Å². The minimum absolute atomic E-state index is 0.180. The Kier molecular flexibility index (Phi) is 9.27. The van der Waals surface area contributed by atoms with Gasteiger partial charge in [-0.3, -0.25) is 10.1 Å². The second kappa shape index (κ2) is 13.2. The van der Waals surface area contributed by atoms with Crippen LogP contribution < -0.4 is 10.6 Å². The van der Waals surface area contributed by atoms with Crippen molar-refractivity contribution in [2.75, 3.05) is 6.54 Å². The van der Waals surface area contributed by atoms with Crippen molar-refractivity contribution >= 4 is 12.1 Å². The molecule has 1 atom stereocenters. The van der Waals surface area contributed by atoms with Crippen molar-refractivity contribution in [1.82, 2.24) is 10.6 Å². The largest absolute Gasteiger partial charge is 0.480 e. The van der Waals surface area contributed by atoms with Crippen LogP contribution in [0.4, 0.5) is 4.79 Å². The summed E-state index contributed by atoms with van der Waals surface area (Å²) < 4.78 is 5.25. The molecule has 0 radical (unpaired) electrons. The standard InChI is InChI=1S/C32H32N2O4/c35-30(36)29(22-13-23-33-31(37)38-24-25-14-5-1-6-15-25)34-32(26-16-7-2-8-17-26,27-18-9-3-10-19-27)28-20-11-4-12-21-28/h1-12,14-21,29,34H,13,22-24H2,(H,33,37)(H,35,36)/t29-/m0/s1. The number of rotatable bonds is 12. The van der Waals surface area contributed by atoms with Gasteiger partial charge >= 0.3 is 12.1 Å². The summed E-state index contributed by atoms with van der Waals surface area (Å²) in [6, 6.07) is 38.2. The molecule has 1 amide bonds. The minimum Gasteiger partial charge on any atom is -0.480 e. The lowest BCUT2D eigenvalue weighted by molar-refractivity contribution is -0.140. The number of alkyl carbamates (subject to hydrolysis) is 1. The van der Waals surface area contributed by atoms with E-state index in [0.29, 0.717) is 19.4 Å². The number of carboxylic acids is 1. The number of nitrogens with one attached hydrogen (secondary N) is 2. The van der Waals surface area contributed by atoms with Crippen LogP contribution in [0.15, 0.2) is 121 Å². The van der Waals surface area contributed by atoms with Gasteiger partial charge < -0.3 is 15.2 Å². The summed E-state index contributed by atoms with van der Waals surface area (Å²) in [5, 5.41) is 16.5. The molecule has 4 rings (SSSR count). The zero-order chi connectivity index (χ0) is 26.6. The highest BCUT2D eigenvalue weighted by Crippen LogP contribution is 2.37. The molecular weight excluding hydrogens is 476 g/mol. The fourth-order valence-corrected chi connectivity index (χ4v) is 4.60. The molecule has 0 spiro atoms. The van der Waals surface area contributed by atoms with Gasteiger partial charge in [-0.1, -0.05) is 121 Å². The predicted octanol–water partition coefficient (Wildman–Crippen LogP) is 5.73. The van der Waals surface area contributed by atoms with E-state index in [1.165, 1.54) is 0 Å². The number of aliphatic carboxylic acids is 1. The maximum Gasteiger partial charge on any atom is 0.407 e. The topological polar surface area (TPSA) is 87.7 Å². The Balaban J connectivity index is 1.51. The summed E-state index contributed by atoms with van der Waals surface area (Å²) in [5.41, 5.74) is 2.81.